The van der Waals surface area contributed by atoms with Crippen molar-refractivity contribution in [2.45, 2.75) is 64.2 Å². The summed E-state index contributed by atoms with van der Waals surface area (Å²) in [6.45, 7) is 0.752. The van der Waals surface area contributed by atoms with Crippen molar-refractivity contribution in [2.75, 3.05) is 12.5 Å². The van der Waals surface area contributed by atoms with E-state index in [1.807, 2.05) is 0 Å². The third-order valence-electron chi connectivity index (χ3n) is 4.72. The van der Waals surface area contributed by atoms with Crippen LogP contribution in [0.5, 0.6) is 0 Å². The molecule has 0 bridgehead atoms. The number of halogens is 1. The molecular weight excluding hydrogens is 272 g/mol. The van der Waals surface area contributed by atoms with Crippen LogP contribution in [0, 0.1) is 11.8 Å². The Kier molecular flexibility index (Phi) is 7.55. The molecule has 2 rings (SSSR count). The van der Waals surface area contributed by atoms with Gasteiger partial charge in [-0.25, -0.2) is 0 Å². The van der Waals surface area contributed by atoms with Gasteiger partial charge in [0.1, 0.15) is 0 Å². The van der Waals surface area contributed by atoms with Crippen LogP contribution in [-0.2, 0) is 4.43 Å². The van der Waals surface area contributed by atoms with Gasteiger partial charge < -0.3 is 4.43 Å². The van der Waals surface area contributed by atoms with Crippen LogP contribution in [0.4, 0.5) is 0 Å². The summed E-state index contributed by atoms with van der Waals surface area (Å²) in [5.74, 6) is 2.37. The zero-order valence-corrected chi connectivity index (χ0v) is 14.4. The van der Waals surface area contributed by atoms with E-state index < -0.39 is 9.76 Å². The summed E-state index contributed by atoms with van der Waals surface area (Å²) in [7, 11) is -0.499. The Morgan fingerprint density at radius 1 is 1.00 bits per heavy atom. The maximum atomic E-state index is 5.88. The molecule has 3 heteroatoms. The summed E-state index contributed by atoms with van der Waals surface area (Å²) < 4.78 is 5.88. The lowest BCUT2D eigenvalue weighted by Crippen LogP contribution is -2.18. The quantitative estimate of drug-likeness (QED) is 0.402. The van der Waals surface area contributed by atoms with Crippen LogP contribution < -0.4 is 0 Å². The molecule has 2 saturated carbocycles. The highest BCUT2D eigenvalue weighted by Gasteiger charge is 2.20. The Balaban J connectivity index is 1.92. The summed E-state index contributed by atoms with van der Waals surface area (Å²) in [6, 6.07) is 0. The average molecular weight is 301 g/mol. The molecule has 19 heavy (non-hydrogen) atoms. The fourth-order valence-electron chi connectivity index (χ4n) is 3.62. The highest BCUT2D eigenvalue weighted by atomic mass is 35.5. The molecule has 2 aliphatic rings. The molecular formula is C16H29ClOSi. The van der Waals surface area contributed by atoms with Crippen molar-refractivity contribution in [2.24, 2.45) is 11.8 Å². The fourth-order valence-corrected chi connectivity index (χ4v) is 5.51. The Labute approximate surface area is 126 Å². The molecule has 2 fully saturated rings. The number of allylic oxidation sites excluding steroid dienone is 2. The van der Waals surface area contributed by atoms with Gasteiger partial charge in [-0.15, -0.1) is 11.6 Å². The van der Waals surface area contributed by atoms with E-state index in [9.17, 15) is 0 Å². The summed E-state index contributed by atoms with van der Waals surface area (Å²) in [6.07, 6.45) is 16.9. The first-order valence-electron chi connectivity index (χ1n) is 8.24. The van der Waals surface area contributed by atoms with Crippen LogP contribution in [0.25, 0.3) is 0 Å². The van der Waals surface area contributed by atoms with Crippen molar-refractivity contribution in [1.82, 2.24) is 0 Å². The molecule has 0 atom stereocenters. The summed E-state index contributed by atoms with van der Waals surface area (Å²) >= 11 is 5.74. The Hall–Kier alpha value is 0.207. The van der Waals surface area contributed by atoms with Crippen molar-refractivity contribution < 1.29 is 4.43 Å². The van der Waals surface area contributed by atoms with Crippen molar-refractivity contribution in [3.8, 4) is 0 Å². The number of alkyl halides is 1. The van der Waals surface area contributed by atoms with E-state index in [-0.39, 0.29) is 0 Å². The van der Waals surface area contributed by atoms with Crippen LogP contribution in [0.15, 0.2) is 11.3 Å². The van der Waals surface area contributed by atoms with Crippen LogP contribution in [0.2, 0.25) is 0 Å². The van der Waals surface area contributed by atoms with Crippen LogP contribution in [0.3, 0.4) is 0 Å². The highest BCUT2D eigenvalue weighted by molar-refractivity contribution is 6.38. The molecule has 110 valence electrons. The fraction of sp³-hybridized carbons (Fsp3) is 0.875. The lowest BCUT2D eigenvalue weighted by Gasteiger charge is -2.27. The average Bonchev–Trinajstić information content (AvgIpc) is 2.48. The second-order valence-electron chi connectivity index (χ2n) is 6.22. The largest absolute Gasteiger partial charge is 0.418 e. The van der Waals surface area contributed by atoms with Gasteiger partial charge >= 0.3 is 0 Å². The minimum atomic E-state index is -0.499. The van der Waals surface area contributed by atoms with Gasteiger partial charge in [-0.2, -0.15) is 0 Å². The smallest absolute Gasteiger partial charge is 0.188 e. The van der Waals surface area contributed by atoms with E-state index in [2.05, 4.69) is 6.08 Å². The summed E-state index contributed by atoms with van der Waals surface area (Å²) in [4.78, 5) is 0. The third-order valence-corrected chi connectivity index (χ3v) is 6.51. The second kappa shape index (κ2) is 9.20. The van der Waals surface area contributed by atoms with E-state index in [0.29, 0.717) is 5.88 Å². The van der Waals surface area contributed by atoms with Crippen molar-refractivity contribution in [3.63, 3.8) is 0 Å². The molecule has 0 aromatic heterocycles. The van der Waals surface area contributed by atoms with Gasteiger partial charge in [-0.1, -0.05) is 49.8 Å². The lowest BCUT2D eigenvalue weighted by atomic mass is 9.85. The van der Waals surface area contributed by atoms with Crippen LogP contribution in [0.1, 0.15) is 64.2 Å². The monoisotopic (exact) mass is 300 g/mol. The van der Waals surface area contributed by atoms with E-state index in [0.717, 1.165) is 18.4 Å². The zero-order valence-electron chi connectivity index (χ0n) is 12.2. The third kappa shape index (κ3) is 5.61. The number of hydrogen-bond donors (Lipinski definition) is 0. The van der Waals surface area contributed by atoms with Crippen molar-refractivity contribution in [1.29, 1.82) is 0 Å². The first-order valence-corrected chi connectivity index (χ1v) is 10.1. The molecule has 0 amide bonds. The molecule has 0 unspecified atom stereocenters. The number of rotatable bonds is 6. The van der Waals surface area contributed by atoms with E-state index in [4.69, 9.17) is 16.0 Å². The van der Waals surface area contributed by atoms with Gasteiger partial charge in [0, 0.05) is 12.5 Å². The molecule has 0 spiro atoms. The van der Waals surface area contributed by atoms with E-state index >= 15 is 0 Å². The maximum Gasteiger partial charge on any atom is 0.188 e. The van der Waals surface area contributed by atoms with Gasteiger partial charge in [-0.3, -0.25) is 0 Å². The molecule has 0 heterocycles. The molecule has 2 aliphatic carbocycles. The van der Waals surface area contributed by atoms with Crippen LogP contribution in [-0.4, -0.2) is 22.3 Å². The molecule has 0 saturated heterocycles. The number of hydrogen-bond acceptors (Lipinski definition) is 1. The summed E-state index contributed by atoms with van der Waals surface area (Å²) in [5.41, 5.74) is 0. The first-order chi connectivity index (χ1) is 9.40. The maximum absolute atomic E-state index is 5.88. The predicted molar refractivity (Wildman–Crippen MR) is 86.4 cm³/mol. The normalized spacial score (nSPS) is 24.4. The van der Waals surface area contributed by atoms with Gasteiger partial charge in [0.15, 0.2) is 9.76 Å². The second-order valence-corrected chi connectivity index (χ2v) is 8.11. The van der Waals surface area contributed by atoms with E-state index in [1.54, 1.807) is 5.20 Å². The van der Waals surface area contributed by atoms with Crippen molar-refractivity contribution >= 4 is 21.4 Å². The Morgan fingerprint density at radius 2 is 1.63 bits per heavy atom. The van der Waals surface area contributed by atoms with Gasteiger partial charge in [0.2, 0.25) is 0 Å². The van der Waals surface area contributed by atoms with Gasteiger partial charge in [0.25, 0.3) is 0 Å². The Morgan fingerprint density at radius 3 is 2.26 bits per heavy atom. The molecule has 0 aromatic rings. The van der Waals surface area contributed by atoms with Gasteiger partial charge in [0.05, 0.1) is 0 Å². The zero-order chi connectivity index (χ0) is 13.3. The summed E-state index contributed by atoms with van der Waals surface area (Å²) in [5, 5.41) is 1.73. The predicted octanol–water partition coefficient (Wildman–Crippen LogP) is 4.37. The Bertz CT molecular complexity index is 268. The van der Waals surface area contributed by atoms with Crippen LogP contribution >= 0.6 is 11.6 Å². The lowest BCUT2D eigenvalue weighted by molar-refractivity contribution is 0.351. The SMILES string of the molecule is ClCCO[SiH2]C(=CC1CCCCC1)C1CCCCC1. The molecule has 0 aliphatic heterocycles. The molecule has 0 aromatic carbocycles. The minimum Gasteiger partial charge on any atom is -0.418 e. The molecule has 0 radical (unpaired) electrons. The first kappa shape index (κ1) is 15.6. The van der Waals surface area contributed by atoms with E-state index in [1.165, 1.54) is 64.2 Å². The minimum absolute atomic E-state index is 0.499. The van der Waals surface area contributed by atoms with Crippen molar-refractivity contribution in [3.05, 3.63) is 11.3 Å². The highest BCUT2D eigenvalue weighted by Crippen LogP contribution is 2.32. The standard InChI is InChI=1S/C16H29ClOSi/c17-11-12-18-19-16(15-9-5-2-6-10-15)13-14-7-3-1-4-8-14/h13-15H,1-12,19H2. The molecule has 1 nitrogen and oxygen atoms in total. The van der Waals surface area contributed by atoms with Gasteiger partial charge in [-0.05, 0) is 37.5 Å². The topological polar surface area (TPSA) is 9.23 Å². The molecule has 0 N–H and O–H groups in total.